The summed E-state index contributed by atoms with van der Waals surface area (Å²) in [4.78, 5) is 5.00. The van der Waals surface area contributed by atoms with Crippen LogP contribution in [0.3, 0.4) is 0 Å². The Labute approximate surface area is 115 Å². The fourth-order valence-corrected chi connectivity index (χ4v) is 3.21. The molecule has 1 unspecified atom stereocenters. The first-order chi connectivity index (χ1) is 9.34. The van der Waals surface area contributed by atoms with Crippen molar-refractivity contribution in [3.05, 3.63) is 30.3 Å². The quantitative estimate of drug-likeness (QED) is 0.879. The monoisotopic (exact) mass is 261 g/mol. The zero-order valence-electron chi connectivity index (χ0n) is 11.4. The molecule has 1 aromatic rings. The number of rotatable bonds is 3. The van der Waals surface area contributed by atoms with E-state index in [-0.39, 0.29) is 5.54 Å². The van der Waals surface area contributed by atoms with Crippen molar-refractivity contribution in [2.24, 2.45) is 5.73 Å². The van der Waals surface area contributed by atoms with Gasteiger partial charge >= 0.3 is 0 Å². The summed E-state index contributed by atoms with van der Waals surface area (Å²) < 4.78 is 5.58. The van der Waals surface area contributed by atoms with E-state index in [1.807, 2.05) is 0 Å². The van der Waals surface area contributed by atoms with E-state index in [9.17, 15) is 0 Å². The third-order valence-corrected chi connectivity index (χ3v) is 4.53. The average molecular weight is 261 g/mol. The van der Waals surface area contributed by atoms with E-state index in [0.29, 0.717) is 6.54 Å². The van der Waals surface area contributed by atoms with Gasteiger partial charge in [0.15, 0.2) is 0 Å². The second-order valence-corrected chi connectivity index (χ2v) is 5.54. The Morgan fingerprint density at radius 2 is 1.84 bits per heavy atom. The number of para-hydroxylation sites is 1. The molecule has 2 aliphatic heterocycles. The molecule has 0 amide bonds. The standard InChI is InChI=1S/C15H23N3O/c16-12-15(6-11-19-13-15)18-9-7-17(8-10-18)14-4-2-1-3-5-14/h1-5H,6-13,16H2. The minimum atomic E-state index is 0.1000. The Hall–Kier alpha value is -1.10. The van der Waals surface area contributed by atoms with Gasteiger partial charge in [-0.3, -0.25) is 4.90 Å². The number of piperazine rings is 1. The summed E-state index contributed by atoms with van der Waals surface area (Å²) in [6, 6.07) is 10.7. The second-order valence-electron chi connectivity index (χ2n) is 5.54. The van der Waals surface area contributed by atoms with Crippen LogP contribution in [-0.4, -0.2) is 56.4 Å². The molecular formula is C15H23N3O. The molecule has 2 saturated heterocycles. The number of benzene rings is 1. The molecule has 2 aliphatic rings. The summed E-state index contributed by atoms with van der Waals surface area (Å²) in [5, 5.41) is 0. The van der Waals surface area contributed by atoms with E-state index in [4.69, 9.17) is 10.5 Å². The van der Waals surface area contributed by atoms with Crippen molar-refractivity contribution in [3.8, 4) is 0 Å². The molecule has 4 heteroatoms. The summed E-state index contributed by atoms with van der Waals surface area (Å²) in [5.41, 5.74) is 7.44. The Bertz CT molecular complexity index is 395. The molecule has 4 nitrogen and oxygen atoms in total. The zero-order chi connectivity index (χ0) is 13.1. The van der Waals surface area contributed by atoms with Crippen LogP contribution in [0.5, 0.6) is 0 Å². The van der Waals surface area contributed by atoms with Gasteiger partial charge in [0.1, 0.15) is 0 Å². The Balaban J connectivity index is 1.63. The van der Waals surface area contributed by atoms with Gasteiger partial charge < -0.3 is 15.4 Å². The van der Waals surface area contributed by atoms with Crippen molar-refractivity contribution in [1.82, 2.24) is 4.90 Å². The van der Waals surface area contributed by atoms with Crippen LogP contribution in [0.15, 0.2) is 30.3 Å². The summed E-state index contributed by atoms with van der Waals surface area (Å²) >= 11 is 0. The molecule has 0 aliphatic carbocycles. The van der Waals surface area contributed by atoms with E-state index in [0.717, 1.165) is 45.8 Å². The van der Waals surface area contributed by atoms with Gasteiger partial charge in [0.05, 0.1) is 12.1 Å². The maximum atomic E-state index is 6.01. The van der Waals surface area contributed by atoms with Crippen LogP contribution < -0.4 is 10.6 Å². The summed E-state index contributed by atoms with van der Waals surface area (Å²) in [5.74, 6) is 0. The highest BCUT2D eigenvalue weighted by molar-refractivity contribution is 5.46. The fraction of sp³-hybridized carbons (Fsp3) is 0.600. The maximum absolute atomic E-state index is 6.01. The van der Waals surface area contributed by atoms with E-state index in [1.165, 1.54) is 5.69 Å². The van der Waals surface area contributed by atoms with E-state index in [1.54, 1.807) is 0 Å². The van der Waals surface area contributed by atoms with Crippen LogP contribution in [-0.2, 0) is 4.74 Å². The second kappa shape index (κ2) is 5.49. The molecule has 0 spiro atoms. The Kier molecular flexibility index (Phi) is 3.73. The van der Waals surface area contributed by atoms with Crippen LogP contribution in [0.1, 0.15) is 6.42 Å². The number of nitrogens with zero attached hydrogens (tertiary/aromatic N) is 2. The molecule has 2 N–H and O–H groups in total. The third-order valence-electron chi connectivity index (χ3n) is 4.53. The highest BCUT2D eigenvalue weighted by Crippen LogP contribution is 2.27. The number of ether oxygens (including phenoxy) is 1. The smallest absolute Gasteiger partial charge is 0.0663 e. The molecule has 0 saturated carbocycles. The van der Waals surface area contributed by atoms with Crippen LogP contribution in [0.2, 0.25) is 0 Å². The lowest BCUT2D eigenvalue weighted by Gasteiger charge is -2.45. The van der Waals surface area contributed by atoms with E-state index >= 15 is 0 Å². The van der Waals surface area contributed by atoms with Gasteiger partial charge in [-0.1, -0.05) is 18.2 Å². The van der Waals surface area contributed by atoms with Gasteiger partial charge in [0.2, 0.25) is 0 Å². The average Bonchev–Trinajstić information content (AvgIpc) is 2.98. The Morgan fingerprint density at radius 1 is 1.11 bits per heavy atom. The van der Waals surface area contributed by atoms with Crippen molar-refractivity contribution < 1.29 is 4.74 Å². The van der Waals surface area contributed by atoms with Gasteiger partial charge in [-0.2, -0.15) is 0 Å². The largest absolute Gasteiger partial charge is 0.379 e. The van der Waals surface area contributed by atoms with Crippen molar-refractivity contribution in [2.45, 2.75) is 12.0 Å². The van der Waals surface area contributed by atoms with Crippen LogP contribution in [0.25, 0.3) is 0 Å². The van der Waals surface area contributed by atoms with Gasteiger partial charge in [0.25, 0.3) is 0 Å². The van der Waals surface area contributed by atoms with Crippen LogP contribution in [0, 0.1) is 0 Å². The third kappa shape index (κ3) is 2.48. The van der Waals surface area contributed by atoms with Crippen LogP contribution >= 0.6 is 0 Å². The summed E-state index contributed by atoms with van der Waals surface area (Å²) in [6.07, 6.45) is 1.08. The summed E-state index contributed by atoms with van der Waals surface area (Å²) in [7, 11) is 0. The highest BCUT2D eigenvalue weighted by atomic mass is 16.5. The van der Waals surface area contributed by atoms with Gasteiger partial charge in [0, 0.05) is 45.0 Å². The number of hydrogen-bond donors (Lipinski definition) is 1. The first-order valence-corrected chi connectivity index (χ1v) is 7.17. The van der Waals surface area contributed by atoms with Crippen molar-refractivity contribution >= 4 is 5.69 Å². The molecule has 0 radical (unpaired) electrons. The normalized spacial score (nSPS) is 28.8. The van der Waals surface area contributed by atoms with E-state index < -0.39 is 0 Å². The molecule has 1 aromatic carbocycles. The van der Waals surface area contributed by atoms with Gasteiger partial charge in [-0.15, -0.1) is 0 Å². The lowest BCUT2D eigenvalue weighted by molar-refractivity contribution is 0.0670. The first kappa shape index (κ1) is 12.9. The number of hydrogen-bond acceptors (Lipinski definition) is 4. The van der Waals surface area contributed by atoms with Crippen molar-refractivity contribution in [1.29, 1.82) is 0 Å². The molecule has 104 valence electrons. The molecule has 2 fully saturated rings. The Morgan fingerprint density at radius 3 is 2.42 bits per heavy atom. The molecule has 3 rings (SSSR count). The molecule has 19 heavy (non-hydrogen) atoms. The predicted octanol–water partition coefficient (Wildman–Crippen LogP) is 0.926. The van der Waals surface area contributed by atoms with Crippen molar-refractivity contribution in [2.75, 3.05) is 50.8 Å². The molecule has 2 heterocycles. The molecule has 0 bridgehead atoms. The minimum Gasteiger partial charge on any atom is -0.379 e. The number of nitrogens with two attached hydrogens (primary N) is 1. The van der Waals surface area contributed by atoms with Gasteiger partial charge in [-0.05, 0) is 18.6 Å². The number of anilines is 1. The highest BCUT2D eigenvalue weighted by Gasteiger charge is 2.40. The lowest BCUT2D eigenvalue weighted by Crippen LogP contribution is -2.60. The predicted molar refractivity (Wildman–Crippen MR) is 77.4 cm³/mol. The van der Waals surface area contributed by atoms with Crippen molar-refractivity contribution in [3.63, 3.8) is 0 Å². The minimum absolute atomic E-state index is 0.1000. The molecule has 0 aromatic heterocycles. The molecule has 1 atom stereocenters. The fourth-order valence-electron chi connectivity index (χ4n) is 3.21. The van der Waals surface area contributed by atoms with Crippen LogP contribution in [0.4, 0.5) is 5.69 Å². The van der Waals surface area contributed by atoms with E-state index in [2.05, 4.69) is 40.1 Å². The van der Waals surface area contributed by atoms with Gasteiger partial charge in [-0.25, -0.2) is 0 Å². The topological polar surface area (TPSA) is 41.7 Å². The zero-order valence-corrected chi connectivity index (χ0v) is 11.4. The summed E-state index contributed by atoms with van der Waals surface area (Å²) in [6.45, 7) is 6.67. The SMILES string of the molecule is NCC1(N2CCN(c3ccccc3)CC2)CCOC1. The maximum Gasteiger partial charge on any atom is 0.0663 e. The first-order valence-electron chi connectivity index (χ1n) is 7.17. The lowest BCUT2D eigenvalue weighted by atomic mass is 9.95. The molecular weight excluding hydrogens is 238 g/mol.